The van der Waals surface area contributed by atoms with E-state index in [0.29, 0.717) is 6.54 Å². The lowest BCUT2D eigenvalue weighted by Crippen LogP contribution is -2.44. The van der Waals surface area contributed by atoms with Crippen LogP contribution in [-0.4, -0.2) is 48.9 Å². The van der Waals surface area contributed by atoms with Gasteiger partial charge in [0, 0.05) is 13.1 Å². The summed E-state index contributed by atoms with van der Waals surface area (Å²) in [7, 11) is 2.09. The predicted octanol–water partition coefficient (Wildman–Crippen LogP) is 0.170. The van der Waals surface area contributed by atoms with Gasteiger partial charge in [-0.05, 0) is 20.4 Å². The van der Waals surface area contributed by atoms with Crippen molar-refractivity contribution in [2.45, 2.75) is 13.3 Å². The second-order valence-corrected chi connectivity index (χ2v) is 3.33. The molecule has 1 saturated heterocycles. The topological polar surface area (TPSA) is 23.6 Å². The van der Waals surface area contributed by atoms with Gasteiger partial charge >= 0.3 is 0 Å². The molecule has 0 aliphatic carbocycles. The second-order valence-electron chi connectivity index (χ2n) is 3.33. The highest BCUT2D eigenvalue weighted by Gasteiger charge is 2.14. The largest absolute Gasteiger partial charge is 0.299 e. The Kier molecular flexibility index (Phi) is 3.02. The van der Waals surface area contributed by atoms with Gasteiger partial charge in [0.05, 0.1) is 13.2 Å². The first kappa shape index (κ1) is 8.68. The highest BCUT2D eigenvalue weighted by Crippen LogP contribution is 2.02. The molecule has 0 radical (unpaired) electrons. The molecule has 0 aromatic heterocycles. The smallest absolute Gasteiger partial charge is 0.143 e. The van der Waals surface area contributed by atoms with Crippen LogP contribution in [-0.2, 0) is 4.79 Å². The number of hydrogen-bond donors (Lipinski definition) is 0. The minimum atomic E-state index is 0.264. The molecule has 64 valence electrons. The Balaban J connectivity index is 2.28. The molecule has 1 heterocycles. The van der Waals surface area contributed by atoms with E-state index >= 15 is 0 Å². The van der Waals surface area contributed by atoms with E-state index < -0.39 is 0 Å². The molecule has 3 nitrogen and oxygen atoms in total. The van der Waals surface area contributed by atoms with Crippen molar-refractivity contribution in [3.05, 3.63) is 0 Å². The average Bonchev–Trinajstić information content (AvgIpc) is 1.85. The van der Waals surface area contributed by atoms with Crippen LogP contribution in [0.1, 0.15) is 13.3 Å². The van der Waals surface area contributed by atoms with Crippen LogP contribution in [0, 0.1) is 0 Å². The number of carbonyl (C=O) groups excluding carboxylic acids is 1. The number of ketones is 1. The van der Waals surface area contributed by atoms with Gasteiger partial charge in [-0.25, -0.2) is 0 Å². The van der Waals surface area contributed by atoms with E-state index in [1.54, 1.807) is 6.92 Å². The third-order valence-electron chi connectivity index (χ3n) is 1.90. The van der Waals surface area contributed by atoms with E-state index in [2.05, 4.69) is 16.8 Å². The van der Waals surface area contributed by atoms with Crippen molar-refractivity contribution < 1.29 is 4.79 Å². The van der Waals surface area contributed by atoms with Crippen LogP contribution in [0.5, 0.6) is 0 Å². The van der Waals surface area contributed by atoms with Gasteiger partial charge in [0.1, 0.15) is 5.78 Å². The highest BCUT2D eigenvalue weighted by molar-refractivity contribution is 5.77. The first-order valence-corrected chi connectivity index (χ1v) is 4.09. The van der Waals surface area contributed by atoms with Crippen molar-refractivity contribution in [3.8, 4) is 0 Å². The molecule has 1 fully saturated rings. The molecular formula is C8H16N2O. The van der Waals surface area contributed by atoms with Crippen molar-refractivity contribution in [1.82, 2.24) is 9.80 Å². The Bertz CT molecular complexity index is 147. The first-order chi connectivity index (χ1) is 5.18. The van der Waals surface area contributed by atoms with E-state index in [1.165, 1.54) is 6.42 Å². The van der Waals surface area contributed by atoms with Crippen LogP contribution in [0.25, 0.3) is 0 Å². The van der Waals surface area contributed by atoms with Gasteiger partial charge in [-0.1, -0.05) is 0 Å². The second kappa shape index (κ2) is 3.83. The van der Waals surface area contributed by atoms with Crippen molar-refractivity contribution >= 4 is 5.78 Å². The minimum absolute atomic E-state index is 0.264. The fourth-order valence-electron chi connectivity index (χ4n) is 1.49. The SMILES string of the molecule is CC(=O)CN1CCCN(C)C1. The molecule has 0 N–H and O–H groups in total. The summed E-state index contributed by atoms with van der Waals surface area (Å²) in [6.45, 7) is 5.44. The molecule has 1 rings (SSSR count). The van der Waals surface area contributed by atoms with Gasteiger partial charge in [0.15, 0.2) is 0 Å². The number of hydrogen-bond acceptors (Lipinski definition) is 3. The monoisotopic (exact) mass is 156 g/mol. The number of Topliss-reactive ketones (excluding diaryl/α,β-unsaturated/α-hetero) is 1. The Labute approximate surface area is 68.0 Å². The average molecular weight is 156 g/mol. The highest BCUT2D eigenvalue weighted by atomic mass is 16.1. The standard InChI is InChI=1S/C8H16N2O/c1-8(11)6-10-5-3-4-9(2)7-10/h3-7H2,1-2H3. The van der Waals surface area contributed by atoms with Crippen molar-refractivity contribution in [1.29, 1.82) is 0 Å². The van der Waals surface area contributed by atoms with Crippen LogP contribution >= 0.6 is 0 Å². The molecule has 0 amide bonds. The fourth-order valence-corrected chi connectivity index (χ4v) is 1.49. The van der Waals surface area contributed by atoms with Crippen LogP contribution in [0.4, 0.5) is 0 Å². The summed E-state index contributed by atoms with van der Waals surface area (Å²) in [6, 6.07) is 0. The van der Waals surface area contributed by atoms with Gasteiger partial charge in [-0.2, -0.15) is 0 Å². The summed E-state index contributed by atoms with van der Waals surface area (Å²) in [5, 5.41) is 0. The summed E-state index contributed by atoms with van der Waals surface area (Å²) in [5.41, 5.74) is 0. The zero-order valence-electron chi connectivity index (χ0n) is 7.34. The van der Waals surface area contributed by atoms with E-state index in [4.69, 9.17) is 0 Å². The Morgan fingerprint density at radius 2 is 2.18 bits per heavy atom. The quantitative estimate of drug-likeness (QED) is 0.569. The van der Waals surface area contributed by atoms with E-state index in [1.807, 2.05) is 0 Å². The van der Waals surface area contributed by atoms with Crippen LogP contribution in [0.15, 0.2) is 0 Å². The van der Waals surface area contributed by atoms with Gasteiger partial charge < -0.3 is 0 Å². The zero-order valence-corrected chi connectivity index (χ0v) is 7.34. The lowest BCUT2D eigenvalue weighted by Gasteiger charge is -2.32. The minimum Gasteiger partial charge on any atom is -0.299 e. The third-order valence-corrected chi connectivity index (χ3v) is 1.90. The van der Waals surface area contributed by atoms with Crippen LogP contribution < -0.4 is 0 Å². The molecule has 1 aliphatic heterocycles. The van der Waals surface area contributed by atoms with E-state index in [9.17, 15) is 4.79 Å². The Morgan fingerprint density at radius 3 is 2.73 bits per heavy atom. The maximum atomic E-state index is 10.8. The molecular weight excluding hydrogens is 140 g/mol. The number of rotatable bonds is 2. The lowest BCUT2D eigenvalue weighted by atomic mass is 10.3. The summed E-state index contributed by atoms with van der Waals surface area (Å²) < 4.78 is 0. The van der Waals surface area contributed by atoms with Gasteiger partial charge in [0.25, 0.3) is 0 Å². The van der Waals surface area contributed by atoms with Crippen molar-refractivity contribution in [3.63, 3.8) is 0 Å². The molecule has 0 saturated carbocycles. The zero-order chi connectivity index (χ0) is 8.27. The van der Waals surface area contributed by atoms with Gasteiger partial charge in [-0.15, -0.1) is 0 Å². The molecule has 0 atom stereocenters. The molecule has 0 spiro atoms. The normalized spacial score (nSPS) is 22.0. The van der Waals surface area contributed by atoms with Crippen molar-refractivity contribution in [2.24, 2.45) is 0 Å². The molecule has 3 heteroatoms. The van der Waals surface area contributed by atoms with Crippen LogP contribution in [0.3, 0.4) is 0 Å². The predicted molar refractivity (Wildman–Crippen MR) is 44.4 cm³/mol. The molecule has 0 bridgehead atoms. The molecule has 0 aromatic carbocycles. The maximum Gasteiger partial charge on any atom is 0.143 e. The third kappa shape index (κ3) is 2.99. The summed E-state index contributed by atoms with van der Waals surface area (Å²) >= 11 is 0. The lowest BCUT2D eigenvalue weighted by molar-refractivity contribution is -0.119. The molecule has 1 aliphatic rings. The molecule has 0 unspecified atom stereocenters. The molecule has 0 aromatic rings. The van der Waals surface area contributed by atoms with Gasteiger partial charge in [0.2, 0.25) is 0 Å². The number of carbonyl (C=O) groups is 1. The van der Waals surface area contributed by atoms with Gasteiger partial charge in [-0.3, -0.25) is 14.6 Å². The summed E-state index contributed by atoms with van der Waals surface area (Å²) in [4.78, 5) is 15.2. The first-order valence-electron chi connectivity index (χ1n) is 4.09. The van der Waals surface area contributed by atoms with E-state index in [-0.39, 0.29) is 5.78 Å². The summed E-state index contributed by atoms with van der Waals surface area (Å²) in [5.74, 6) is 0.264. The fraction of sp³-hybridized carbons (Fsp3) is 0.875. The Hall–Kier alpha value is -0.410. The van der Waals surface area contributed by atoms with Crippen LogP contribution in [0.2, 0.25) is 0 Å². The van der Waals surface area contributed by atoms with E-state index in [0.717, 1.165) is 19.8 Å². The Morgan fingerprint density at radius 1 is 1.45 bits per heavy atom. The molecule has 11 heavy (non-hydrogen) atoms. The maximum absolute atomic E-state index is 10.8. The summed E-state index contributed by atoms with van der Waals surface area (Å²) in [6.07, 6.45) is 1.18. The number of nitrogens with zero attached hydrogens (tertiary/aromatic N) is 2. The van der Waals surface area contributed by atoms with Crippen molar-refractivity contribution in [2.75, 3.05) is 33.4 Å².